The van der Waals surface area contributed by atoms with E-state index in [2.05, 4.69) is 14.4 Å². The van der Waals surface area contributed by atoms with E-state index in [4.69, 9.17) is 4.74 Å². The lowest BCUT2D eigenvalue weighted by Crippen LogP contribution is -2.28. The van der Waals surface area contributed by atoms with E-state index in [1.54, 1.807) is 43.5 Å². The molecule has 0 unspecified atom stereocenters. The van der Waals surface area contributed by atoms with Crippen molar-refractivity contribution in [3.8, 4) is 22.8 Å². The Hall–Kier alpha value is -3.11. The van der Waals surface area contributed by atoms with Crippen molar-refractivity contribution >= 4 is 10.0 Å². The highest BCUT2D eigenvalue weighted by atomic mass is 32.2. The van der Waals surface area contributed by atoms with Crippen LogP contribution in [0, 0.1) is 0 Å². The van der Waals surface area contributed by atoms with Crippen LogP contribution in [0.4, 0.5) is 13.2 Å². The molecule has 0 radical (unpaired) electrons. The van der Waals surface area contributed by atoms with Gasteiger partial charge in [0, 0.05) is 17.8 Å². The second-order valence-electron chi connectivity index (χ2n) is 6.75. The van der Waals surface area contributed by atoms with E-state index in [0.717, 1.165) is 23.3 Å². The highest BCUT2D eigenvalue weighted by Gasteiger charge is 2.34. The number of nitrogens with zero attached hydrogens (tertiary/aromatic N) is 1. The van der Waals surface area contributed by atoms with E-state index in [1.165, 1.54) is 12.1 Å². The molecule has 10 heteroatoms. The molecule has 0 aliphatic heterocycles. The van der Waals surface area contributed by atoms with Crippen LogP contribution < -0.4 is 14.2 Å². The number of pyridine rings is 1. The molecule has 1 N–H and O–H groups in total. The van der Waals surface area contributed by atoms with E-state index in [0.29, 0.717) is 18.1 Å². The standard InChI is InChI=1S/C22H21F3N2O4S/c1-3-30-21-18(7-6-14-26-21)17-12-10-16(11-13-17)15(2)27-32(28,29)20-9-5-4-8-19(20)31-22(23,24)25/h4-15,27H,3H2,1-2H3/t15-/m1/s1. The van der Waals surface area contributed by atoms with Crippen LogP contribution in [0.25, 0.3) is 11.1 Å². The molecule has 3 rings (SSSR count). The van der Waals surface area contributed by atoms with Gasteiger partial charge in [0.1, 0.15) is 10.6 Å². The van der Waals surface area contributed by atoms with E-state index in [1.807, 2.05) is 13.0 Å². The zero-order chi connectivity index (χ0) is 23.4. The molecule has 170 valence electrons. The number of rotatable bonds is 8. The first-order valence-corrected chi connectivity index (χ1v) is 11.1. The van der Waals surface area contributed by atoms with Crippen molar-refractivity contribution < 1.29 is 31.1 Å². The molecule has 3 aromatic rings. The average molecular weight is 466 g/mol. The van der Waals surface area contributed by atoms with Gasteiger partial charge < -0.3 is 9.47 Å². The molecule has 0 saturated carbocycles. The second-order valence-corrected chi connectivity index (χ2v) is 8.43. The lowest BCUT2D eigenvalue weighted by Gasteiger charge is -2.18. The average Bonchev–Trinajstić information content (AvgIpc) is 2.73. The Morgan fingerprint density at radius 2 is 1.72 bits per heavy atom. The predicted molar refractivity (Wildman–Crippen MR) is 113 cm³/mol. The molecule has 0 aliphatic rings. The van der Waals surface area contributed by atoms with E-state index in [-0.39, 0.29) is 0 Å². The monoisotopic (exact) mass is 466 g/mol. The second kappa shape index (κ2) is 9.58. The van der Waals surface area contributed by atoms with Crippen LogP contribution in [0.5, 0.6) is 11.6 Å². The van der Waals surface area contributed by atoms with Crippen LogP contribution >= 0.6 is 0 Å². The zero-order valence-electron chi connectivity index (χ0n) is 17.3. The van der Waals surface area contributed by atoms with Crippen LogP contribution in [0.15, 0.2) is 71.8 Å². The minimum atomic E-state index is -5.01. The largest absolute Gasteiger partial charge is 0.573 e. The summed E-state index contributed by atoms with van der Waals surface area (Å²) in [6.07, 6.45) is -3.39. The number of aromatic nitrogens is 1. The molecule has 0 saturated heterocycles. The van der Waals surface area contributed by atoms with Crippen molar-refractivity contribution in [1.29, 1.82) is 0 Å². The molecule has 1 atom stereocenters. The first-order valence-electron chi connectivity index (χ1n) is 9.66. The Labute approximate surface area is 184 Å². The summed E-state index contributed by atoms with van der Waals surface area (Å²) < 4.78 is 75.2. The summed E-state index contributed by atoms with van der Waals surface area (Å²) in [6.45, 7) is 3.91. The number of hydrogen-bond acceptors (Lipinski definition) is 5. The van der Waals surface area contributed by atoms with Crippen LogP contribution in [0.2, 0.25) is 0 Å². The predicted octanol–water partition coefficient (Wildman–Crippen LogP) is 5.09. The fraction of sp³-hybridized carbons (Fsp3) is 0.227. The quantitative estimate of drug-likeness (QED) is 0.501. The van der Waals surface area contributed by atoms with Crippen LogP contribution in [0.3, 0.4) is 0 Å². The fourth-order valence-corrected chi connectivity index (χ4v) is 4.42. The molecule has 32 heavy (non-hydrogen) atoms. The molecule has 0 fully saturated rings. The maximum Gasteiger partial charge on any atom is 0.573 e. The summed E-state index contributed by atoms with van der Waals surface area (Å²) in [5.41, 5.74) is 2.23. The molecule has 2 aromatic carbocycles. The van der Waals surface area contributed by atoms with Crippen molar-refractivity contribution in [2.75, 3.05) is 6.61 Å². The zero-order valence-corrected chi connectivity index (χ0v) is 18.1. The van der Waals surface area contributed by atoms with Crippen molar-refractivity contribution in [3.05, 3.63) is 72.4 Å². The third-order valence-electron chi connectivity index (χ3n) is 4.47. The molecule has 0 bridgehead atoms. The van der Waals surface area contributed by atoms with Gasteiger partial charge in [-0.15, -0.1) is 13.2 Å². The van der Waals surface area contributed by atoms with Crippen molar-refractivity contribution in [2.45, 2.75) is 31.1 Å². The summed E-state index contributed by atoms with van der Waals surface area (Å²) in [5.74, 6) is -0.312. The van der Waals surface area contributed by atoms with Gasteiger partial charge in [0.2, 0.25) is 15.9 Å². The SMILES string of the molecule is CCOc1ncccc1-c1ccc([C@@H](C)NS(=O)(=O)c2ccccc2OC(F)(F)F)cc1. The molecule has 0 aliphatic carbocycles. The van der Waals surface area contributed by atoms with Crippen LogP contribution in [-0.2, 0) is 10.0 Å². The molecule has 1 aromatic heterocycles. The summed E-state index contributed by atoms with van der Waals surface area (Å²) >= 11 is 0. The Bertz CT molecular complexity index is 1170. The number of sulfonamides is 1. The molecular weight excluding hydrogens is 445 g/mol. The molecule has 1 heterocycles. The number of hydrogen-bond donors (Lipinski definition) is 1. The van der Waals surface area contributed by atoms with Crippen molar-refractivity contribution in [3.63, 3.8) is 0 Å². The minimum Gasteiger partial charge on any atom is -0.478 e. The lowest BCUT2D eigenvalue weighted by atomic mass is 10.0. The number of alkyl halides is 3. The van der Waals surface area contributed by atoms with Gasteiger partial charge in [-0.3, -0.25) is 0 Å². The highest BCUT2D eigenvalue weighted by molar-refractivity contribution is 7.89. The minimum absolute atomic E-state index is 0.459. The van der Waals surface area contributed by atoms with E-state index in [9.17, 15) is 21.6 Å². The molecule has 6 nitrogen and oxygen atoms in total. The van der Waals surface area contributed by atoms with Crippen LogP contribution in [0.1, 0.15) is 25.5 Å². The van der Waals surface area contributed by atoms with Crippen LogP contribution in [-0.4, -0.2) is 26.4 Å². The van der Waals surface area contributed by atoms with Crippen molar-refractivity contribution in [2.24, 2.45) is 0 Å². The molecule has 0 spiro atoms. The fourth-order valence-electron chi connectivity index (χ4n) is 3.06. The van der Waals surface area contributed by atoms with E-state index >= 15 is 0 Å². The first kappa shape index (κ1) is 23.6. The van der Waals surface area contributed by atoms with Gasteiger partial charge in [-0.05, 0) is 49.2 Å². The number of ether oxygens (including phenoxy) is 2. The first-order chi connectivity index (χ1) is 15.1. The number of para-hydroxylation sites is 1. The molecule has 0 amide bonds. The molecular formula is C22H21F3N2O4S. The van der Waals surface area contributed by atoms with Gasteiger partial charge in [0.05, 0.1) is 6.61 Å². The Morgan fingerprint density at radius 1 is 1.03 bits per heavy atom. The topological polar surface area (TPSA) is 77.5 Å². The summed E-state index contributed by atoms with van der Waals surface area (Å²) in [4.78, 5) is 3.61. The van der Waals surface area contributed by atoms with E-state index < -0.39 is 33.1 Å². The van der Waals surface area contributed by atoms with Gasteiger partial charge in [-0.1, -0.05) is 36.4 Å². The third-order valence-corrected chi connectivity index (χ3v) is 6.05. The summed E-state index contributed by atoms with van der Waals surface area (Å²) in [7, 11) is -4.29. The van der Waals surface area contributed by atoms with Gasteiger partial charge in [0.25, 0.3) is 0 Å². The van der Waals surface area contributed by atoms with Gasteiger partial charge in [-0.25, -0.2) is 18.1 Å². The van der Waals surface area contributed by atoms with Gasteiger partial charge in [-0.2, -0.15) is 0 Å². The summed E-state index contributed by atoms with van der Waals surface area (Å²) in [5, 5.41) is 0. The van der Waals surface area contributed by atoms with Crippen molar-refractivity contribution in [1.82, 2.24) is 9.71 Å². The Kier molecular flexibility index (Phi) is 7.05. The van der Waals surface area contributed by atoms with Gasteiger partial charge >= 0.3 is 6.36 Å². The summed E-state index contributed by atoms with van der Waals surface area (Å²) in [6, 6.07) is 14.5. The third kappa shape index (κ3) is 5.77. The number of halogens is 3. The lowest BCUT2D eigenvalue weighted by molar-refractivity contribution is -0.275. The smallest absolute Gasteiger partial charge is 0.478 e. The Morgan fingerprint density at radius 3 is 2.38 bits per heavy atom. The normalized spacial score (nSPS) is 12.9. The number of nitrogens with one attached hydrogen (secondary N) is 1. The van der Waals surface area contributed by atoms with Gasteiger partial charge in [0.15, 0.2) is 0 Å². The Balaban J connectivity index is 1.82. The maximum atomic E-state index is 12.7. The number of benzene rings is 2. The maximum absolute atomic E-state index is 12.7. The highest BCUT2D eigenvalue weighted by Crippen LogP contribution is 2.31.